The number of rotatable bonds is 8. The highest BCUT2D eigenvalue weighted by molar-refractivity contribution is 6.31. The summed E-state index contributed by atoms with van der Waals surface area (Å²) in [6.07, 6.45) is 12.0. The lowest BCUT2D eigenvalue weighted by molar-refractivity contribution is -0.615. The summed E-state index contributed by atoms with van der Waals surface area (Å²) in [5.74, 6) is -0.576. The van der Waals surface area contributed by atoms with Gasteiger partial charge in [0.15, 0.2) is 12.0 Å². The van der Waals surface area contributed by atoms with E-state index in [0.717, 1.165) is 38.8 Å². The fourth-order valence-corrected chi connectivity index (χ4v) is 6.43. The number of halogens is 2. The zero-order valence-corrected chi connectivity index (χ0v) is 25.7. The van der Waals surface area contributed by atoms with Gasteiger partial charge in [0.2, 0.25) is 11.6 Å². The van der Waals surface area contributed by atoms with E-state index in [1.54, 1.807) is 48.5 Å². The zero-order chi connectivity index (χ0) is 31.9. The van der Waals surface area contributed by atoms with Gasteiger partial charge >= 0.3 is 0 Å². The van der Waals surface area contributed by atoms with Gasteiger partial charge < -0.3 is 10.1 Å². The van der Waals surface area contributed by atoms with E-state index in [2.05, 4.69) is 25.7 Å². The van der Waals surface area contributed by atoms with Crippen LogP contribution in [0.3, 0.4) is 0 Å². The predicted octanol–water partition coefficient (Wildman–Crippen LogP) is 3.34. The van der Waals surface area contributed by atoms with Gasteiger partial charge in [-0.15, -0.1) is 5.10 Å². The van der Waals surface area contributed by atoms with Crippen molar-refractivity contribution in [1.29, 1.82) is 0 Å². The van der Waals surface area contributed by atoms with Crippen molar-refractivity contribution in [2.45, 2.75) is 38.1 Å². The third-order valence-corrected chi connectivity index (χ3v) is 9.19. The monoisotopic (exact) mass is 644 g/mol. The topological polar surface area (TPSA) is 144 Å². The number of aromatic nitrogens is 9. The fraction of sp³-hybridized carbons (Fsp3) is 0.355. The second-order valence-corrected chi connectivity index (χ2v) is 12.2. The molecule has 5 heterocycles. The highest BCUT2D eigenvalue weighted by atomic mass is 35.5. The first-order chi connectivity index (χ1) is 22.3. The van der Waals surface area contributed by atoms with Crippen molar-refractivity contribution in [2.75, 3.05) is 13.1 Å². The SMILES string of the molecule is Cn1ncc(-c2cnn(C(C[C@@H]3C[C@@H]3C(=O)N3CCCCC3)c3ccc(-c4c(-n5cnnn5)ccc(Cl)c4F)c[n+]3[O-])c2)cc1=O. The van der Waals surface area contributed by atoms with Crippen LogP contribution >= 0.6 is 11.6 Å². The Morgan fingerprint density at radius 3 is 2.65 bits per heavy atom. The van der Waals surface area contributed by atoms with Crippen LogP contribution in [0.25, 0.3) is 27.9 Å². The molecule has 236 valence electrons. The van der Waals surface area contributed by atoms with Crippen molar-refractivity contribution in [1.82, 2.24) is 44.7 Å². The number of aryl methyl sites for hydroxylation is 1. The molecule has 4 aromatic heterocycles. The van der Waals surface area contributed by atoms with Crippen LogP contribution < -0.4 is 10.3 Å². The lowest BCUT2D eigenvalue weighted by Gasteiger charge is -2.27. The Bertz CT molecular complexity index is 1970. The second kappa shape index (κ2) is 12.1. The largest absolute Gasteiger partial charge is 0.618 e. The normalized spacial score (nSPS) is 18.5. The number of likely N-dealkylation sites (tertiary alicyclic amines) is 1. The Balaban J connectivity index is 1.24. The molecule has 2 aliphatic rings. The number of carbonyl (C=O) groups is 1. The Labute approximate surface area is 267 Å². The Morgan fingerprint density at radius 2 is 1.91 bits per heavy atom. The summed E-state index contributed by atoms with van der Waals surface area (Å²) < 4.78 is 20.4. The highest BCUT2D eigenvalue weighted by Crippen LogP contribution is 2.46. The van der Waals surface area contributed by atoms with Gasteiger partial charge in [-0.1, -0.05) is 11.6 Å². The molecule has 0 radical (unpaired) electrons. The number of hydrogen-bond donors (Lipinski definition) is 0. The van der Waals surface area contributed by atoms with Crippen LogP contribution in [0.15, 0.2) is 66.2 Å². The molecule has 2 fully saturated rings. The van der Waals surface area contributed by atoms with Crippen LogP contribution in [0.2, 0.25) is 5.02 Å². The molecule has 7 rings (SSSR count). The van der Waals surface area contributed by atoms with E-state index in [4.69, 9.17) is 11.6 Å². The van der Waals surface area contributed by atoms with Gasteiger partial charge in [0, 0.05) is 55.5 Å². The van der Waals surface area contributed by atoms with Gasteiger partial charge in [-0.05, 0) is 66.6 Å². The second-order valence-electron chi connectivity index (χ2n) is 11.8. The number of pyridine rings is 1. The first-order valence-electron chi connectivity index (χ1n) is 15.1. The number of carbonyl (C=O) groups excluding carboxylic acids is 1. The van der Waals surface area contributed by atoms with E-state index in [1.165, 1.54) is 34.0 Å². The highest BCUT2D eigenvalue weighted by Gasteiger charge is 2.47. The Morgan fingerprint density at radius 1 is 1.11 bits per heavy atom. The molecular weight excluding hydrogens is 615 g/mol. The molecule has 0 spiro atoms. The van der Waals surface area contributed by atoms with Crippen molar-refractivity contribution in [2.24, 2.45) is 18.9 Å². The maximum atomic E-state index is 15.5. The van der Waals surface area contributed by atoms with E-state index < -0.39 is 11.9 Å². The molecule has 1 amide bonds. The number of piperidine rings is 1. The number of nitrogens with zero attached hydrogens (tertiary/aromatic N) is 10. The van der Waals surface area contributed by atoms with E-state index in [0.29, 0.717) is 33.7 Å². The van der Waals surface area contributed by atoms with E-state index in [-0.39, 0.29) is 39.5 Å². The minimum Gasteiger partial charge on any atom is -0.618 e. The summed E-state index contributed by atoms with van der Waals surface area (Å²) in [6, 6.07) is 7.19. The minimum atomic E-state index is -0.713. The number of benzene rings is 1. The lowest BCUT2D eigenvalue weighted by atomic mass is 10.0. The summed E-state index contributed by atoms with van der Waals surface area (Å²) >= 11 is 6.14. The van der Waals surface area contributed by atoms with Gasteiger partial charge in [0.05, 0.1) is 34.2 Å². The van der Waals surface area contributed by atoms with Crippen molar-refractivity contribution in [3.8, 4) is 27.9 Å². The van der Waals surface area contributed by atoms with Gasteiger partial charge in [0.25, 0.3) is 5.56 Å². The first-order valence-corrected chi connectivity index (χ1v) is 15.5. The van der Waals surface area contributed by atoms with Crippen LogP contribution in [0.1, 0.15) is 43.8 Å². The Hall–Kier alpha value is -4.98. The molecule has 1 aliphatic heterocycles. The van der Waals surface area contributed by atoms with Crippen molar-refractivity contribution in [3.63, 3.8) is 0 Å². The summed E-state index contributed by atoms with van der Waals surface area (Å²) in [4.78, 5) is 27.5. The number of hydrogen-bond acceptors (Lipinski definition) is 8. The number of amides is 1. The predicted molar refractivity (Wildman–Crippen MR) is 164 cm³/mol. The average molecular weight is 645 g/mol. The molecule has 1 unspecified atom stereocenters. The molecule has 1 aliphatic carbocycles. The lowest BCUT2D eigenvalue weighted by Crippen LogP contribution is -2.37. The van der Waals surface area contributed by atoms with Crippen LogP contribution in [0.4, 0.5) is 4.39 Å². The molecule has 0 bridgehead atoms. The molecule has 3 atom stereocenters. The van der Waals surface area contributed by atoms with Crippen molar-refractivity contribution < 1.29 is 13.9 Å². The molecule has 15 heteroatoms. The maximum Gasteiger partial charge on any atom is 0.267 e. The van der Waals surface area contributed by atoms with Gasteiger partial charge in [-0.3, -0.25) is 14.3 Å². The van der Waals surface area contributed by atoms with Crippen molar-refractivity contribution in [3.05, 3.63) is 93.5 Å². The quantitative estimate of drug-likeness (QED) is 0.185. The number of tetrazole rings is 1. The molecule has 0 N–H and O–H groups in total. The zero-order valence-electron chi connectivity index (χ0n) is 24.9. The molecule has 1 saturated heterocycles. The van der Waals surface area contributed by atoms with E-state index in [9.17, 15) is 14.8 Å². The molecule has 13 nitrogen and oxygen atoms in total. The van der Waals surface area contributed by atoms with Crippen LogP contribution in [-0.4, -0.2) is 63.7 Å². The van der Waals surface area contributed by atoms with Gasteiger partial charge in [-0.2, -0.15) is 19.6 Å². The molecular formula is C31H30ClFN10O3. The maximum absolute atomic E-state index is 15.5. The van der Waals surface area contributed by atoms with Gasteiger partial charge in [-0.25, -0.2) is 9.07 Å². The minimum absolute atomic E-state index is 0.0641. The van der Waals surface area contributed by atoms with Crippen molar-refractivity contribution >= 4 is 17.5 Å². The van der Waals surface area contributed by atoms with Crippen LogP contribution in [0, 0.1) is 22.9 Å². The Kier molecular flexibility index (Phi) is 7.80. The van der Waals surface area contributed by atoms with E-state index in [1.807, 2.05) is 4.90 Å². The standard InChI is InChI=1S/C31H30ClFN10O3/c1-39-28(44)13-21(14-35-39)22-15-36-41(16-22)27(12-20-11-23(20)31(45)40-9-3-2-4-10-40)25-7-5-19(17-43(25)46)29-26(42-18-34-37-38-42)8-6-24(32)30(29)33/h5-8,13-18,20,23,27H,2-4,9-12H2,1H3/t20-,23-,27?/m0/s1. The van der Waals surface area contributed by atoms with Crippen LogP contribution in [-0.2, 0) is 11.8 Å². The van der Waals surface area contributed by atoms with Crippen LogP contribution in [0.5, 0.6) is 0 Å². The molecule has 1 saturated carbocycles. The molecule has 5 aromatic rings. The summed E-state index contributed by atoms with van der Waals surface area (Å²) in [7, 11) is 1.57. The molecule has 46 heavy (non-hydrogen) atoms. The average Bonchev–Trinajstić information content (AvgIpc) is 3.40. The smallest absolute Gasteiger partial charge is 0.267 e. The third-order valence-electron chi connectivity index (χ3n) is 8.90. The summed E-state index contributed by atoms with van der Waals surface area (Å²) in [6.45, 7) is 1.57. The molecule has 1 aromatic carbocycles. The fourth-order valence-electron chi connectivity index (χ4n) is 6.27. The summed E-state index contributed by atoms with van der Waals surface area (Å²) in [5.41, 5.74) is 2.01. The van der Waals surface area contributed by atoms with E-state index >= 15 is 4.39 Å². The third kappa shape index (κ3) is 5.64. The van der Waals surface area contributed by atoms with Gasteiger partial charge in [0.1, 0.15) is 12.4 Å². The first kappa shape index (κ1) is 29.7. The summed E-state index contributed by atoms with van der Waals surface area (Å²) in [5, 5.41) is 33.5.